The molecule has 2 heteroatoms. The summed E-state index contributed by atoms with van der Waals surface area (Å²) in [4.78, 5) is 1.49. The molecule has 14 heavy (non-hydrogen) atoms. The van der Waals surface area contributed by atoms with Gasteiger partial charge in [-0.15, -0.1) is 11.3 Å². The van der Waals surface area contributed by atoms with Crippen molar-refractivity contribution in [3.8, 4) is 0 Å². The van der Waals surface area contributed by atoms with Crippen molar-refractivity contribution in [1.82, 2.24) is 0 Å². The second-order valence-corrected chi connectivity index (χ2v) is 5.58. The number of rotatable bonds is 2. The van der Waals surface area contributed by atoms with Gasteiger partial charge in [0.15, 0.2) is 0 Å². The third-order valence-corrected chi connectivity index (χ3v) is 5.13. The fraction of sp³-hybridized carbons (Fsp3) is 0.667. The van der Waals surface area contributed by atoms with Gasteiger partial charge in [0, 0.05) is 16.2 Å². The lowest BCUT2D eigenvalue weighted by Crippen LogP contribution is -2.49. The van der Waals surface area contributed by atoms with Gasteiger partial charge in [0.2, 0.25) is 0 Å². The Morgan fingerprint density at radius 3 is 2.79 bits per heavy atom. The van der Waals surface area contributed by atoms with E-state index in [0.29, 0.717) is 5.92 Å². The molecule has 0 amide bonds. The first kappa shape index (κ1) is 10.2. The number of aliphatic hydroxyl groups is 1. The van der Waals surface area contributed by atoms with Gasteiger partial charge in [0.1, 0.15) is 0 Å². The van der Waals surface area contributed by atoms with Gasteiger partial charge in [-0.05, 0) is 36.8 Å². The van der Waals surface area contributed by atoms with E-state index in [1.165, 1.54) is 10.4 Å². The van der Waals surface area contributed by atoms with Crippen molar-refractivity contribution < 1.29 is 5.11 Å². The zero-order valence-corrected chi connectivity index (χ0v) is 9.90. The molecule has 3 unspecified atom stereocenters. The van der Waals surface area contributed by atoms with Crippen LogP contribution in [0.4, 0.5) is 0 Å². The van der Waals surface area contributed by atoms with E-state index in [-0.39, 0.29) is 11.5 Å². The van der Waals surface area contributed by atoms with Crippen molar-refractivity contribution in [3.05, 3.63) is 21.9 Å². The number of aliphatic hydroxyl groups excluding tert-OH is 1. The largest absolute Gasteiger partial charge is 0.393 e. The maximum Gasteiger partial charge on any atom is 0.0606 e. The van der Waals surface area contributed by atoms with Crippen LogP contribution in [0.15, 0.2) is 11.4 Å². The quantitative estimate of drug-likeness (QED) is 0.794. The van der Waals surface area contributed by atoms with E-state index >= 15 is 0 Å². The molecule has 1 saturated carbocycles. The molecular weight excluding hydrogens is 192 g/mol. The van der Waals surface area contributed by atoms with E-state index in [0.717, 1.165) is 12.8 Å². The highest BCUT2D eigenvalue weighted by atomic mass is 32.1. The van der Waals surface area contributed by atoms with Crippen molar-refractivity contribution in [1.29, 1.82) is 0 Å². The molecule has 0 bridgehead atoms. The number of hydrogen-bond donors (Lipinski definition) is 1. The van der Waals surface area contributed by atoms with Gasteiger partial charge in [0.05, 0.1) is 6.10 Å². The fourth-order valence-corrected chi connectivity index (χ4v) is 3.67. The lowest BCUT2D eigenvalue weighted by Gasteiger charge is -2.51. The second-order valence-electron chi connectivity index (χ2n) is 4.63. The van der Waals surface area contributed by atoms with Crippen LogP contribution in [-0.4, -0.2) is 11.2 Å². The van der Waals surface area contributed by atoms with Gasteiger partial charge in [-0.3, -0.25) is 0 Å². The Bertz CT molecular complexity index is 331. The maximum absolute atomic E-state index is 9.83. The molecule has 1 aliphatic carbocycles. The summed E-state index contributed by atoms with van der Waals surface area (Å²) >= 11 is 1.84. The minimum atomic E-state index is -0.0981. The molecule has 78 valence electrons. The van der Waals surface area contributed by atoms with Crippen LogP contribution in [0, 0.1) is 12.3 Å². The number of aryl methyl sites for hydroxylation is 1. The molecule has 0 aromatic carbocycles. The molecule has 1 nitrogen and oxygen atoms in total. The molecule has 1 aromatic rings. The second kappa shape index (κ2) is 3.35. The highest BCUT2D eigenvalue weighted by Gasteiger charge is 2.50. The van der Waals surface area contributed by atoms with E-state index in [2.05, 4.69) is 32.2 Å². The molecule has 1 N–H and O–H groups in total. The van der Waals surface area contributed by atoms with Crippen LogP contribution in [-0.2, 0) is 0 Å². The molecule has 0 saturated heterocycles. The lowest BCUT2D eigenvalue weighted by molar-refractivity contribution is -0.0767. The Hall–Kier alpha value is -0.340. The molecule has 0 radical (unpaired) electrons. The molecule has 3 atom stereocenters. The van der Waals surface area contributed by atoms with Gasteiger partial charge in [0.25, 0.3) is 0 Å². The Kier molecular flexibility index (Phi) is 2.44. The van der Waals surface area contributed by atoms with E-state index in [9.17, 15) is 5.11 Å². The first-order valence-electron chi connectivity index (χ1n) is 5.31. The SMILES string of the molecule is CCC1(C)C(O)CC1c1sccc1C. The molecule has 1 heterocycles. The standard InChI is InChI=1S/C12H18OS/c1-4-12(3)9(7-10(12)13)11-8(2)5-6-14-11/h5-6,9-10,13H,4,7H2,1-3H3. The van der Waals surface area contributed by atoms with Crippen molar-refractivity contribution in [2.75, 3.05) is 0 Å². The normalized spacial score (nSPS) is 36.9. The Morgan fingerprint density at radius 2 is 2.36 bits per heavy atom. The van der Waals surface area contributed by atoms with Crippen molar-refractivity contribution >= 4 is 11.3 Å². The Labute approximate surface area is 89.8 Å². The van der Waals surface area contributed by atoms with Gasteiger partial charge in [-0.1, -0.05) is 13.8 Å². The number of thiophene rings is 1. The molecule has 0 spiro atoms. The van der Waals surface area contributed by atoms with E-state index in [1.54, 1.807) is 0 Å². The maximum atomic E-state index is 9.83. The third-order valence-electron chi connectivity index (χ3n) is 4.00. The topological polar surface area (TPSA) is 20.2 Å². The van der Waals surface area contributed by atoms with Gasteiger partial charge < -0.3 is 5.11 Å². The minimum Gasteiger partial charge on any atom is -0.393 e. The van der Waals surface area contributed by atoms with Crippen LogP contribution >= 0.6 is 11.3 Å². The summed E-state index contributed by atoms with van der Waals surface area (Å²) in [6, 6.07) is 2.18. The van der Waals surface area contributed by atoms with Gasteiger partial charge in [-0.25, -0.2) is 0 Å². The van der Waals surface area contributed by atoms with Crippen LogP contribution in [0.2, 0.25) is 0 Å². The molecule has 1 fully saturated rings. The smallest absolute Gasteiger partial charge is 0.0606 e. The van der Waals surface area contributed by atoms with Crippen molar-refractivity contribution in [2.45, 2.75) is 45.6 Å². The lowest BCUT2D eigenvalue weighted by atomic mass is 9.57. The average molecular weight is 210 g/mol. The number of hydrogen-bond acceptors (Lipinski definition) is 2. The van der Waals surface area contributed by atoms with E-state index in [1.807, 2.05) is 11.3 Å². The predicted octanol–water partition coefficient (Wildman–Crippen LogP) is 3.32. The highest BCUT2D eigenvalue weighted by Crippen LogP contribution is 2.56. The van der Waals surface area contributed by atoms with E-state index in [4.69, 9.17) is 0 Å². The Morgan fingerprint density at radius 1 is 1.64 bits per heavy atom. The van der Waals surface area contributed by atoms with Crippen LogP contribution in [0.25, 0.3) is 0 Å². The highest BCUT2D eigenvalue weighted by molar-refractivity contribution is 7.10. The minimum absolute atomic E-state index is 0.0981. The van der Waals surface area contributed by atoms with Crippen molar-refractivity contribution in [2.24, 2.45) is 5.41 Å². The van der Waals surface area contributed by atoms with Gasteiger partial charge in [-0.2, -0.15) is 0 Å². The zero-order chi connectivity index (χ0) is 10.3. The summed E-state index contributed by atoms with van der Waals surface area (Å²) in [6.07, 6.45) is 1.92. The zero-order valence-electron chi connectivity index (χ0n) is 9.08. The molecule has 1 aliphatic rings. The summed E-state index contributed by atoms with van der Waals surface area (Å²) in [7, 11) is 0. The van der Waals surface area contributed by atoms with Crippen LogP contribution < -0.4 is 0 Å². The van der Waals surface area contributed by atoms with Crippen LogP contribution in [0.5, 0.6) is 0 Å². The Balaban J connectivity index is 2.26. The summed E-state index contributed by atoms with van der Waals surface area (Å²) in [6.45, 7) is 6.57. The third kappa shape index (κ3) is 1.24. The van der Waals surface area contributed by atoms with E-state index < -0.39 is 0 Å². The monoisotopic (exact) mass is 210 g/mol. The fourth-order valence-electron chi connectivity index (χ4n) is 2.46. The molecule has 2 rings (SSSR count). The summed E-state index contributed by atoms with van der Waals surface area (Å²) in [5, 5.41) is 12.0. The molecule has 0 aliphatic heterocycles. The molecular formula is C12H18OS. The summed E-state index contributed by atoms with van der Waals surface area (Å²) in [5.74, 6) is 0.586. The average Bonchev–Trinajstić information content (AvgIpc) is 2.59. The van der Waals surface area contributed by atoms with Crippen molar-refractivity contribution in [3.63, 3.8) is 0 Å². The van der Waals surface area contributed by atoms with Crippen LogP contribution in [0.3, 0.4) is 0 Å². The predicted molar refractivity (Wildman–Crippen MR) is 60.8 cm³/mol. The molecule has 1 aromatic heterocycles. The first-order chi connectivity index (χ1) is 6.59. The van der Waals surface area contributed by atoms with Crippen LogP contribution in [0.1, 0.15) is 43.0 Å². The summed E-state index contributed by atoms with van der Waals surface area (Å²) in [5.41, 5.74) is 1.52. The summed E-state index contributed by atoms with van der Waals surface area (Å²) < 4.78 is 0. The first-order valence-corrected chi connectivity index (χ1v) is 6.19. The van der Waals surface area contributed by atoms with Gasteiger partial charge >= 0.3 is 0 Å².